The Labute approximate surface area is 157 Å². The fraction of sp³-hybridized carbons (Fsp3) is 0.125. The zero-order valence-corrected chi connectivity index (χ0v) is 14.6. The number of rotatable bonds is 7. The summed E-state index contributed by atoms with van der Waals surface area (Å²) in [5.41, 5.74) is 3.62. The van der Waals surface area contributed by atoms with E-state index < -0.39 is 15.5 Å². The van der Waals surface area contributed by atoms with Crippen molar-refractivity contribution in [3.05, 3.63) is 74.1 Å². The molecule has 1 N–H and O–H groups in total. The lowest BCUT2D eigenvalue weighted by atomic mass is 10.2. The molecule has 0 saturated heterocycles. The molecule has 0 radical (unpaired) electrons. The van der Waals surface area contributed by atoms with Gasteiger partial charge in [0.1, 0.15) is 5.69 Å². The Morgan fingerprint density at radius 3 is 2.57 bits per heavy atom. The van der Waals surface area contributed by atoms with Crippen LogP contribution >= 0.6 is 0 Å². The highest BCUT2D eigenvalue weighted by molar-refractivity contribution is 5.68. The summed E-state index contributed by atoms with van der Waals surface area (Å²) < 4.78 is 1.56. The highest BCUT2D eigenvalue weighted by Gasteiger charge is 2.19. The van der Waals surface area contributed by atoms with Gasteiger partial charge in [-0.3, -0.25) is 25.7 Å². The lowest BCUT2D eigenvalue weighted by Crippen LogP contribution is -2.05. The molecule has 3 rings (SSSR count). The minimum Gasteiger partial charge on any atom is -0.272 e. The third-order valence-electron chi connectivity index (χ3n) is 3.75. The average Bonchev–Trinajstić information content (AvgIpc) is 3.14. The molecule has 0 spiro atoms. The zero-order chi connectivity index (χ0) is 20.1. The molecular weight excluding hydrogens is 368 g/mol. The first kappa shape index (κ1) is 18.6. The normalized spacial score (nSPS) is 10.9. The summed E-state index contributed by atoms with van der Waals surface area (Å²) in [7, 11) is 0. The maximum Gasteiger partial charge on any atom is 0.301 e. The van der Waals surface area contributed by atoms with Gasteiger partial charge in [0.05, 0.1) is 21.6 Å². The molecule has 0 aliphatic heterocycles. The van der Waals surface area contributed by atoms with Gasteiger partial charge < -0.3 is 0 Å². The van der Waals surface area contributed by atoms with E-state index in [9.17, 15) is 20.2 Å². The summed E-state index contributed by atoms with van der Waals surface area (Å²) in [6, 6.07) is 10.9. The summed E-state index contributed by atoms with van der Waals surface area (Å²) >= 11 is 0. The first-order valence-corrected chi connectivity index (χ1v) is 8.00. The first-order valence-electron chi connectivity index (χ1n) is 8.00. The van der Waals surface area contributed by atoms with E-state index in [1.807, 2.05) is 31.2 Å². The van der Waals surface area contributed by atoms with Crippen molar-refractivity contribution in [2.24, 2.45) is 5.10 Å². The molecule has 0 aliphatic carbocycles. The predicted octanol–water partition coefficient (Wildman–Crippen LogP) is 2.43. The molecule has 0 unspecified atom stereocenters. The van der Waals surface area contributed by atoms with Crippen molar-refractivity contribution in [3.8, 4) is 5.69 Å². The zero-order valence-electron chi connectivity index (χ0n) is 14.6. The van der Waals surface area contributed by atoms with Crippen LogP contribution in [0.3, 0.4) is 0 Å². The van der Waals surface area contributed by atoms with Crippen molar-refractivity contribution >= 4 is 23.3 Å². The van der Waals surface area contributed by atoms with Crippen LogP contribution in [0.15, 0.2) is 47.6 Å². The van der Waals surface area contributed by atoms with Gasteiger partial charge in [-0.25, -0.2) is 0 Å². The number of hydrogen-bond acceptors (Lipinski definition) is 9. The number of nitro benzene ring substituents is 2. The molecule has 0 bridgehead atoms. The van der Waals surface area contributed by atoms with E-state index in [0.717, 1.165) is 23.4 Å². The Kier molecular flexibility index (Phi) is 5.30. The van der Waals surface area contributed by atoms with Crippen LogP contribution in [0.2, 0.25) is 0 Å². The van der Waals surface area contributed by atoms with Crippen LogP contribution in [0.1, 0.15) is 11.4 Å². The van der Waals surface area contributed by atoms with Gasteiger partial charge in [0.25, 0.3) is 5.69 Å². The number of nitrogens with one attached hydrogen (secondary N) is 1. The Bertz CT molecular complexity index is 1050. The van der Waals surface area contributed by atoms with E-state index in [4.69, 9.17) is 0 Å². The number of tetrazole rings is 1. The van der Waals surface area contributed by atoms with E-state index in [2.05, 4.69) is 26.1 Å². The summed E-state index contributed by atoms with van der Waals surface area (Å²) in [6.07, 6.45) is 1.70. The highest BCUT2D eigenvalue weighted by atomic mass is 16.6. The Hall–Kier alpha value is -4.22. The summed E-state index contributed by atoms with van der Waals surface area (Å²) in [5, 5.41) is 37.3. The molecule has 28 heavy (non-hydrogen) atoms. The van der Waals surface area contributed by atoms with Crippen LogP contribution in [-0.2, 0) is 6.42 Å². The van der Waals surface area contributed by atoms with Crippen LogP contribution in [0.25, 0.3) is 5.69 Å². The van der Waals surface area contributed by atoms with Gasteiger partial charge in [-0.2, -0.15) is 9.78 Å². The Balaban J connectivity index is 1.72. The van der Waals surface area contributed by atoms with Gasteiger partial charge in [0, 0.05) is 18.7 Å². The summed E-state index contributed by atoms with van der Waals surface area (Å²) in [6.45, 7) is 1.97. The molecule has 0 amide bonds. The third-order valence-corrected chi connectivity index (χ3v) is 3.75. The fourth-order valence-corrected chi connectivity index (χ4v) is 2.34. The second-order valence-electron chi connectivity index (χ2n) is 5.69. The van der Waals surface area contributed by atoms with E-state index in [1.54, 1.807) is 4.68 Å². The number of hydrazone groups is 1. The number of non-ortho nitro benzene ring substituents is 1. The van der Waals surface area contributed by atoms with Gasteiger partial charge in [-0.05, 0) is 35.5 Å². The predicted molar refractivity (Wildman–Crippen MR) is 99.5 cm³/mol. The fourth-order valence-electron chi connectivity index (χ4n) is 2.34. The second-order valence-corrected chi connectivity index (χ2v) is 5.69. The number of anilines is 1. The number of hydrogen-bond donors (Lipinski definition) is 1. The number of aryl methyl sites for hydroxylation is 1. The van der Waals surface area contributed by atoms with Crippen LogP contribution < -0.4 is 5.43 Å². The summed E-state index contributed by atoms with van der Waals surface area (Å²) in [4.78, 5) is 20.4. The Morgan fingerprint density at radius 2 is 1.89 bits per heavy atom. The molecule has 2 aromatic carbocycles. The standard InChI is InChI=1S/C16H14N8O4/c1-11-2-4-12(5-3-11)22-16(19-20-21-22)8-9-17-18-14-7-6-13(23(25)26)10-15(14)24(27)28/h2-7,9-10,18H,8H2,1H3. The number of nitrogens with zero attached hydrogens (tertiary/aromatic N) is 7. The second kappa shape index (κ2) is 7.99. The Morgan fingerprint density at radius 1 is 1.14 bits per heavy atom. The van der Waals surface area contributed by atoms with Gasteiger partial charge in [0.2, 0.25) is 0 Å². The van der Waals surface area contributed by atoms with Gasteiger partial charge >= 0.3 is 5.69 Å². The van der Waals surface area contributed by atoms with Crippen molar-refractivity contribution in [1.82, 2.24) is 20.2 Å². The first-order chi connectivity index (χ1) is 13.5. The van der Waals surface area contributed by atoms with E-state index >= 15 is 0 Å². The molecule has 0 saturated carbocycles. The molecule has 0 atom stereocenters. The molecule has 1 heterocycles. The van der Waals surface area contributed by atoms with Crippen molar-refractivity contribution in [3.63, 3.8) is 0 Å². The van der Waals surface area contributed by atoms with Crippen LogP contribution in [0, 0.1) is 27.2 Å². The van der Waals surface area contributed by atoms with Crippen molar-refractivity contribution in [2.75, 3.05) is 5.43 Å². The molecule has 0 aliphatic rings. The lowest BCUT2D eigenvalue weighted by Gasteiger charge is -2.03. The monoisotopic (exact) mass is 382 g/mol. The third kappa shape index (κ3) is 4.12. The van der Waals surface area contributed by atoms with Crippen molar-refractivity contribution in [1.29, 1.82) is 0 Å². The van der Waals surface area contributed by atoms with Crippen molar-refractivity contribution in [2.45, 2.75) is 13.3 Å². The largest absolute Gasteiger partial charge is 0.301 e. The smallest absolute Gasteiger partial charge is 0.272 e. The molecular formula is C16H14N8O4. The maximum atomic E-state index is 11.1. The maximum absolute atomic E-state index is 11.1. The van der Waals surface area contributed by atoms with E-state index in [1.165, 1.54) is 12.3 Å². The van der Waals surface area contributed by atoms with E-state index in [0.29, 0.717) is 5.82 Å². The minimum atomic E-state index is -0.719. The SMILES string of the molecule is Cc1ccc(-n2nnnc2CC=NNc2ccc([N+](=O)[O-])cc2[N+](=O)[O-])cc1. The minimum absolute atomic E-state index is 0.0324. The van der Waals surface area contributed by atoms with Gasteiger partial charge in [-0.1, -0.05) is 17.7 Å². The number of benzene rings is 2. The molecule has 1 aromatic heterocycles. The van der Waals surface area contributed by atoms with Crippen LogP contribution in [-0.4, -0.2) is 36.3 Å². The topological polar surface area (TPSA) is 154 Å². The molecule has 12 heteroatoms. The van der Waals surface area contributed by atoms with Crippen molar-refractivity contribution < 1.29 is 9.85 Å². The molecule has 3 aromatic rings. The van der Waals surface area contributed by atoms with E-state index in [-0.39, 0.29) is 17.8 Å². The van der Waals surface area contributed by atoms with Crippen LogP contribution in [0.4, 0.5) is 17.1 Å². The quantitative estimate of drug-likeness (QED) is 0.371. The average molecular weight is 382 g/mol. The molecule has 12 nitrogen and oxygen atoms in total. The molecule has 142 valence electrons. The van der Waals surface area contributed by atoms with Crippen LogP contribution in [0.5, 0.6) is 0 Å². The lowest BCUT2D eigenvalue weighted by molar-refractivity contribution is -0.393. The highest BCUT2D eigenvalue weighted by Crippen LogP contribution is 2.28. The summed E-state index contributed by atoms with van der Waals surface area (Å²) in [5.74, 6) is 0.521. The number of aromatic nitrogens is 4. The van der Waals surface area contributed by atoms with Gasteiger partial charge in [0.15, 0.2) is 5.82 Å². The number of nitro groups is 2. The molecule has 0 fully saturated rings. The van der Waals surface area contributed by atoms with Gasteiger partial charge in [-0.15, -0.1) is 5.10 Å².